The highest BCUT2D eigenvalue weighted by atomic mass is 16.5. The molecule has 0 bridgehead atoms. The molecule has 1 aliphatic carbocycles. The van der Waals surface area contributed by atoms with Crippen LogP contribution in [0.1, 0.15) is 55.5 Å². The fourth-order valence-electron chi connectivity index (χ4n) is 2.54. The average molecular weight is 246 g/mol. The lowest BCUT2D eigenvalue weighted by Crippen LogP contribution is -2.23. The highest BCUT2D eigenvalue weighted by molar-refractivity contribution is 5.96. The Bertz CT molecular complexity index is 429. The number of benzene rings is 1. The monoisotopic (exact) mass is 246 g/mol. The molecule has 1 saturated carbocycles. The standard InChI is InChI=1S/C16H22O2/c1-11-4-7-14(8-5-11)18-16-10-12(2)6-9-15(16)13(3)17/h6,9-11,14H,4-5,7-8H2,1-3H3. The maximum Gasteiger partial charge on any atom is 0.163 e. The van der Waals surface area contributed by atoms with Gasteiger partial charge in [-0.05, 0) is 63.1 Å². The average Bonchev–Trinajstić information content (AvgIpc) is 2.32. The predicted molar refractivity (Wildman–Crippen MR) is 73.2 cm³/mol. The van der Waals surface area contributed by atoms with Crippen LogP contribution in [0.4, 0.5) is 0 Å². The normalized spacial score (nSPS) is 23.7. The molecule has 2 nitrogen and oxygen atoms in total. The van der Waals surface area contributed by atoms with Crippen molar-refractivity contribution in [2.45, 2.75) is 52.6 Å². The minimum atomic E-state index is 0.0779. The maximum absolute atomic E-state index is 11.6. The molecule has 0 spiro atoms. The Morgan fingerprint density at radius 2 is 1.89 bits per heavy atom. The Labute approximate surface area is 109 Å². The molecule has 1 aromatic rings. The highest BCUT2D eigenvalue weighted by Crippen LogP contribution is 2.29. The van der Waals surface area contributed by atoms with E-state index in [1.807, 2.05) is 25.1 Å². The molecule has 1 aromatic carbocycles. The van der Waals surface area contributed by atoms with Gasteiger partial charge in [0.2, 0.25) is 0 Å². The summed E-state index contributed by atoms with van der Waals surface area (Å²) in [5.41, 5.74) is 1.85. The van der Waals surface area contributed by atoms with E-state index in [4.69, 9.17) is 4.74 Å². The summed E-state index contributed by atoms with van der Waals surface area (Å²) in [6.07, 6.45) is 4.94. The molecule has 2 heteroatoms. The second-order valence-corrected chi connectivity index (χ2v) is 5.56. The molecule has 98 valence electrons. The first-order valence-corrected chi connectivity index (χ1v) is 6.84. The molecule has 1 aliphatic rings. The van der Waals surface area contributed by atoms with Crippen LogP contribution in [0.2, 0.25) is 0 Å². The Morgan fingerprint density at radius 1 is 1.22 bits per heavy atom. The number of ether oxygens (including phenoxy) is 1. The highest BCUT2D eigenvalue weighted by Gasteiger charge is 2.21. The zero-order valence-electron chi connectivity index (χ0n) is 11.5. The predicted octanol–water partition coefficient (Wildman–Crippen LogP) is 4.16. The Morgan fingerprint density at radius 3 is 2.50 bits per heavy atom. The number of carbonyl (C=O) groups excluding carboxylic acids is 1. The molecule has 0 unspecified atom stereocenters. The first-order valence-electron chi connectivity index (χ1n) is 6.84. The van der Waals surface area contributed by atoms with Crippen molar-refractivity contribution in [2.24, 2.45) is 5.92 Å². The van der Waals surface area contributed by atoms with Gasteiger partial charge in [-0.25, -0.2) is 0 Å². The maximum atomic E-state index is 11.6. The van der Waals surface area contributed by atoms with Crippen LogP contribution in [0, 0.1) is 12.8 Å². The van der Waals surface area contributed by atoms with Crippen LogP contribution in [0.5, 0.6) is 5.75 Å². The third kappa shape index (κ3) is 3.12. The van der Waals surface area contributed by atoms with E-state index in [0.29, 0.717) is 5.56 Å². The van der Waals surface area contributed by atoms with Gasteiger partial charge in [-0.1, -0.05) is 13.0 Å². The quantitative estimate of drug-likeness (QED) is 0.749. The molecule has 0 radical (unpaired) electrons. The van der Waals surface area contributed by atoms with Crippen LogP contribution in [0.25, 0.3) is 0 Å². The smallest absolute Gasteiger partial charge is 0.163 e. The molecule has 0 aromatic heterocycles. The van der Waals surface area contributed by atoms with Crippen molar-refractivity contribution in [2.75, 3.05) is 0 Å². The molecule has 0 saturated heterocycles. The van der Waals surface area contributed by atoms with Gasteiger partial charge in [0.25, 0.3) is 0 Å². The van der Waals surface area contributed by atoms with E-state index in [1.54, 1.807) is 6.92 Å². The third-order valence-corrected chi connectivity index (χ3v) is 3.77. The largest absolute Gasteiger partial charge is 0.490 e. The van der Waals surface area contributed by atoms with Crippen LogP contribution in [0.15, 0.2) is 18.2 Å². The summed E-state index contributed by atoms with van der Waals surface area (Å²) >= 11 is 0. The van der Waals surface area contributed by atoms with Crippen molar-refractivity contribution in [3.63, 3.8) is 0 Å². The lowest BCUT2D eigenvalue weighted by molar-refractivity contribution is 0.0996. The van der Waals surface area contributed by atoms with Crippen molar-refractivity contribution in [1.82, 2.24) is 0 Å². The summed E-state index contributed by atoms with van der Waals surface area (Å²) in [7, 11) is 0. The van der Waals surface area contributed by atoms with E-state index >= 15 is 0 Å². The molecule has 0 amide bonds. The van der Waals surface area contributed by atoms with Gasteiger partial charge >= 0.3 is 0 Å². The number of hydrogen-bond acceptors (Lipinski definition) is 2. The molecule has 1 fully saturated rings. The van der Waals surface area contributed by atoms with E-state index < -0.39 is 0 Å². The number of rotatable bonds is 3. The minimum Gasteiger partial charge on any atom is -0.490 e. The SMILES string of the molecule is CC(=O)c1ccc(C)cc1OC1CCC(C)CC1. The van der Waals surface area contributed by atoms with Gasteiger partial charge in [-0.15, -0.1) is 0 Å². The summed E-state index contributed by atoms with van der Waals surface area (Å²) in [4.78, 5) is 11.6. The molecular formula is C16H22O2. The lowest BCUT2D eigenvalue weighted by atomic mass is 9.89. The minimum absolute atomic E-state index is 0.0779. The molecule has 2 rings (SSSR count). The fraction of sp³-hybridized carbons (Fsp3) is 0.562. The Kier molecular flexibility index (Phi) is 4.05. The van der Waals surface area contributed by atoms with Crippen LogP contribution in [-0.2, 0) is 0 Å². The van der Waals surface area contributed by atoms with Crippen LogP contribution in [0.3, 0.4) is 0 Å². The first kappa shape index (κ1) is 13.1. The van der Waals surface area contributed by atoms with Crippen molar-refractivity contribution in [1.29, 1.82) is 0 Å². The Hall–Kier alpha value is -1.31. The molecule has 0 aliphatic heterocycles. The van der Waals surface area contributed by atoms with Crippen molar-refractivity contribution in [3.8, 4) is 5.75 Å². The van der Waals surface area contributed by atoms with Crippen LogP contribution >= 0.6 is 0 Å². The summed E-state index contributed by atoms with van der Waals surface area (Å²) in [5, 5.41) is 0. The van der Waals surface area contributed by atoms with Gasteiger partial charge in [0.05, 0.1) is 11.7 Å². The van der Waals surface area contributed by atoms with Crippen molar-refractivity contribution < 1.29 is 9.53 Å². The summed E-state index contributed by atoms with van der Waals surface area (Å²) in [6.45, 7) is 5.92. The first-order chi connectivity index (χ1) is 8.56. The third-order valence-electron chi connectivity index (χ3n) is 3.77. The molecular weight excluding hydrogens is 224 g/mol. The number of Topliss-reactive ketones (excluding diaryl/α,β-unsaturated/α-hetero) is 1. The van der Waals surface area contributed by atoms with Gasteiger partial charge in [0.1, 0.15) is 5.75 Å². The van der Waals surface area contributed by atoms with Gasteiger partial charge in [-0.3, -0.25) is 4.79 Å². The lowest BCUT2D eigenvalue weighted by Gasteiger charge is -2.27. The van der Waals surface area contributed by atoms with E-state index in [1.165, 1.54) is 12.8 Å². The number of carbonyl (C=O) groups is 1. The fourth-order valence-corrected chi connectivity index (χ4v) is 2.54. The Balaban J connectivity index is 2.12. The molecule has 0 heterocycles. The molecule has 18 heavy (non-hydrogen) atoms. The van der Waals surface area contributed by atoms with E-state index in [9.17, 15) is 4.79 Å². The number of aryl methyl sites for hydroxylation is 1. The topological polar surface area (TPSA) is 26.3 Å². The number of hydrogen-bond donors (Lipinski definition) is 0. The second-order valence-electron chi connectivity index (χ2n) is 5.56. The summed E-state index contributed by atoms with van der Waals surface area (Å²) in [6, 6.07) is 5.82. The van der Waals surface area contributed by atoms with Crippen molar-refractivity contribution in [3.05, 3.63) is 29.3 Å². The van der Waals surface area contributed by atoms with Gasteiger partial charge in [-0.2, -0.15) is 0 Å². The van der Waals surface area contributed by atoms with Crippen LogP contribution < -0.4 is 4.74 Å². The van der Waals surface area contributed by atoms with Gasteiger partial charge in [0.15, 0.2) is 5.78 Å². The van der Waals surface area contributed by atoms with Crippen LogP contribution in [-0.4, -0.2) is 11.9 Å². The van der Waals surface area contributed by atoms with Gasteiger partial charge < -0.3 is 4.74 Å². The molecule has 0 N–H and O–H groups in total. The number of ketones is 1. The second kappa shape index (κ2) is 5.55. The van der Waals surface area contributed by atoms with E-state index in [0.717, 1.165) is 30.1 Å². The zero-order chi connectivity index (χ0) is 13.1. The van der Waals surface area contributed by atoms with Gasteiger partial charge in [0, 0.05) is 0 Å². The summed E-state index contributed by atoms with van der Waals surface area (Å²) in [5.74, 6) is 1.66. The molecule has 0 atom stereocenters. The zero-order valence-corrected chi connectivity index (χ0v) is 11.5. The van der Waals surface area contributed by atoms with E-state index in [2.05, 4.69) is 6.92 Å². The summed E-state index contributed by atoms with van der Waals surface area (Å²) < 4.78 is 6.06. The van der Waals surface area contributed by atoms with Crippen molar-refractivity contribution >= 4 is 5.78 Å². The van der Waals surface area contributed by atoms with E-state index in [-0.39, 0.29) is 11.9 Å².